The number of methoxy groups -OCH3 is 2. The van der Waals surface area contributed by atoms with Crippen molar-refractivity contribution in [2.24, 2.45) is 0 Å². The van der Waals surface area contributed by atoms with Crippen molar-refractivity contribution in [2.75, 3.05) is 33.9 Å². The van der Waals surface area contributed by atoms with Gasteiger partial charge in [0.1, 0.15) is 0 Å². The molecule has 0 spiro atoms. The molecule has 0 saturated carbocycles. The molecule has 2 rings (SSSR count). The Kier molecular flexibility index (Phi) is 4.81. The van der Waals surface area contributed by atoms with Crippen LogP contribution in [0.1, 0.15) is 17.3 Å². The van der Waals surface area contributed by atoms with Crippen molar-refractivity contribution in [1.82, 2.24) is 10.2 Å². The average molecular weight is 309 g/mol. The number of carbonyl (C=O) groups excluding carboxylic acids is 1. The monoisotopic (exact) mass is 309 g/mol. The van der Waals surface area contributed by atoms with Crippen LogP contribution in [0, 0.1) is 10.1 Å². The van der Waals surface area contributed by atoms with Crippen LogP contribution in [0.4, 0.5) is 5.69 Å². The smallest absolute Gasteiger partial charge is 0.315 e. The van der Waals surface area contributed by atoms with Crippen LogP contribution < -0.4 is 14.8 Å². The maximum absolute atomic E-state index is 12.6. The van der Waals surface area contributed by atoms with Crippen LogP contribution >= 0.6 is 0 Å². The third-order valence-corrected chi connectivity index (χ3v) is 3.67. The molecule has 1 atom stereocenters. The first-order valence-electron chi connectivity index (χ1n) is 6.91. The predicted octanol–water partition coefficient (Wildman–Crippen LogP) is 1.05. The minimum absolute atomic E-state index is 0.0115. The highest BCUT2D eigenvalue weighted by molar-refractivity contribution is 5.96. The van der Waals surface area contributed by atoms with E-state index >= 15 is 0 Å². The molecule has 1 amide bonds. The van der Waals surface area contributed by atoms with Gasteiger partial charge >= 0.3 is 5.69 Å². The summed E-state index contributed by atoms with van der Waals surface area (Å²) in [7, 11) is 2.70. The molecule has 120 valence electrons. The van der Waals surface area contributed by atoms with E-state index in [1.54, 1.807) is 4.90 Å². The lowest BCUT2D eigenvalue weighted by Crippen LogP contribution is -2.52. The van der Waals surface area contributed by atoms with Gasteiger partial charge in [0.05, 0.1) is 24.7 Å². The van der Waals surface area contributed by atoms with E-state index in [1.807, 2.05) is 6.92 Å². The van der Waals surface area contributed by atoms with Gasteiger partial charge in [0.25, 0.3) is 5.91 Å². The lowest BCUT2D eigenvalue weighted by molar-refractivity contribution is -0.385. The second-order valence-electron chi connectivity index (χ2n) is 5.04. The van der Waals surface area contributed by atoms with E-state index in [4.69, 9.17) is 9.47 Å². The Bertz CT molecular complexity index is 590. The Labute approximate surface area is 128 Å². The van der Waals surface area contributed by atoms with Gasteiger partial charge in [0, 0.05) is 31.7 Å². The molecule has 1 saturated heterocycles. The van der Waals surface area contributed by atoms with Crippen molar-refractivity contribution in [2.45, 2.75) is 13.0 Å². The Morgan fingerprint density at radius 1 is 1.41 bits per heavy atom. The minimum Gasteiger partial charge on any atom is -0.493 e. The standard InChI is InChI=1S/C14H19N3O5/c1-9-8-15-4-5-16(9)14(18)10-6-11(17(19)20)13(22-3)12(7-10)21-2/h6-7,9,15H,4-5,8H2,1-3H3/t9-/m1/s1. The van der Waals surface area contributed by atoms with E-state index in [1.165, 1.54) is 26.4 Å². The molecule has 1 N–H and O–H groups in total. The number of nitro groups is 1. The molecule has 1 aromatic carbocycles. The van der Waals surface area contributed by atoms with Crippen LogP contribution in [0.15, 0.2) is 12.1 Å². The number of ether oxygens (including phenoxy) is 2. The van der Waals surface area contributed by atoms with E-state index in [2.05, 4.69) is 5.32 Å². The first kappa shape index (κ1) is 16.0. The number of hydrogen-bond acceptors (Lipinski definition) is 6. The van der Waals surface area contributed by atoms with E-state index < -0.39 is 4.92 Å². The molecule has 0 aliphatic carbocycles. The highest BCUT2D eigenvalue weighted by atomic mass is 16.6. The molecule has 8 heteroatoms. The van der Waals surface area contributed by atoms with Crippen molar-refractivity contribution < 1.29 is 19.2 Å². The average Bonchev–Trinajstić information content (AvgIpc) is 2.53. The number of hydrogen-bond donors (Lipinski definition) is 1. The normalized spacial score (nSPS) is 18.0. The Balaban J connectivity index is 2.44. The molecule has 0 unspecified atom stereocenters. The molecule has 0 bridgehead atoms. The number of benzene rings is 1. The molecule has 8 nitrogen and oxygen atoms in total. The topological polar surface area (TPSA) is 93.9 Å². The van der Waals surface area contributed by atoms with Crippen LogP contribution in [0.3, 0.4) is 0 Å². The van der Waals surface area contributed by atoms with Gasteiger partial charge in [0.2, 0.25) is 5.75 Å². The lowest BCUT2D eigenvalue weighted by atomic mass is 10.1. The van der Waals surface area contributed by atoms with Gasteiger partial charge in [-0.1, -0.05) is 0 Å². The van der Waals surface area contributed by atoms with Crippen LogP contribution in [0.5, 0.6) is 11.5 Å². The van der Waals surface area contributed by atoms with Crippen molar-refractivity contribution in [3.05, 3.63) is 27.8 Å². The van der Waals surface area contributed by atoms with Crippen molar-refractivity contribution in [3.8, 4) is 11.5 Å². The summed E-state index contributed by atoms with van der Waals surface area (Å²) in [5, 5.41) is 14.4. The fourth-order valence-corrected chi connectivity index (χ4v) is 2.51. The number of amides is 1. The number of nitro benzene ring substituents is 1. The van der Waals surface area contributed by atoms with Crippen LogP contribution in [-0.4, -0.2) is 55.6 Å². The molecule has 0 aromatic heterocycles. The molecule has 22 heavy (non-hydrogen) atoms. The van der Waals surface area contributed by atoms with Crippen LogP contribution in [0.25, 0.3) is 0 Å². The zero-order chi connectivity index (χ0) is 16.3. The van der Waals surface area contributed by atoms with Gasteiger partial charge in [-0.2, -0.15) is 0 Å². The fourth-order valence-electron chi connectivity index (χ4n) is 2.51. The zero-order valence-corrected chi connectivity index (χ0v) is 12.8. The highest BCUT2D eigenvalue weighted by Gasteiger charge is 2.28. The second-order valence-corrected chi connectivity index (χ2v) is 5.04. The van der Waals surface area contributed by atoms with Gasteiger partial charge in [-0.3, -0.25) is 14.9 Å². The van der Waals surface area contributed by atoms with Gasteiger partial charge in [-0.05, 0) is 13.0 Å². The van der Waals surface area contributed by atoms with E-state index in [-0.39, 0.29) is 34.7 Å². The zero-order valence-electron chi connectivity index (χ0n) is 12.8. The summed E-state index contributed by atoms with van der Waals surface area (Å²) in [6.07, 6.45) is 0. The molecular weight excluding hydrogens is 290 g/mol. The Hall–Kier alpha value is -2.35. The quantitative estimate of drug-likeness (QED) is 0.660. The van der Waals surface area contributed by atoms with Crippen LogP contribution in [-0.2, 0) is 0 Å². The van der Waals surface area contributed by atoms with Gasteiger partial charge in [0.15, 0.2) is 5.75 Å². The predicted molar refractivity (Wildman–Crippen MR) is 79.6 cm³/mol. The number of rotatable bonds is 4. The first-order chi connectivity index (χ1) is 10.5. The number of carbonyl (C=O) groups is 1. The van der Waals surface area contributed by atoms with Crippen molar-refractivity contribution in [1.29, 1.82) is 0 Å². The minimum atomic E-state index is -0.584. The van der Waals surface area contributed by atoms with Crippen molar-refractivity contribution >= 4 is 11.6 Å². The third kappa shape index (κ3) is 2.96. The Morgan fingerprint density at radius 2 is 2.14 bits per heavy atom. The van der Waals surface area contributed by atoms with Gasteiger partial charge in [-0.25, -0.2) is 0 Å². The third-order valence-electron chi connectivity index (χ3n) is 3.67. The SMILES string of the molecule is COc1cc(C(=O)N2CCNC[C@H]2C)cc([N+](=O)[O-])c1OC. The molecule has 1 aliphatic heterocycles. The summed E-state index contributed by atoms with van der Waals surface area (Å²) >= 11 is 0. The van der Waals surface area contributed by atoms with Crippen molar-refractivity contribution in [3.63, 3.8) is 0 Å². The molecule has 0 radical (unpaired) electrons. The largest absolute Gasteiger partial charge is 0.493 e. The lowest BCUT2D eigenvalue weighted by Gasteiger charge is -2.34. The second kappa shape index (κ2) is 6.61. The summed E-state index contributed by atoms with van der Waals surface area (Å²) < 4.78 is 10.1. The highest BCUT2D eigenvalue weighted by Crippen LogP contribution is 2.38. The number of nitrogens with one attached hydrogen (secondary N) is 1. The molecule has 1 heterocycles. The summed E-state index contributed by atoms with van der Waals surface area (Å²) in [6, 6.07) is 2.73. The van der Waals surface area contributed by atoms with Gasteiger partial charge < -0.3 is 19.7 Å². The number of nitrogens with zero attached hydrogens (tertiary/aromatic N) is 2. The molecule has 1 aromatic rings. The van der Waals surface area contributed by atoms with Gasteiger partial charge in [-0.15, -0.1) is 0 Å². The molecule has 1 fully saturated rings. The fraction of sp³-hybridized carbons (Fsp3) is 0.500. The number of piperazine rings is 1. The van der Waals surface area contributed by atoms with Crippen LogP contribution in [0.2, 0.25) is 0 Å². The summed E-state index contributed by atoms with van der Waals surface area (Å²) in [4.78, 5) is 24.9. The Morgan fingerprint density at radius 3 is 2.68 bits per heavy atom. The molecule has 1 aliphatic rings. The molecular formula is C14H19N3O5. The summed E-state index contributed by atoms with van der Waals surface area (Å²) in [5.41, 5.74) is -0.0638. The summed E-state index contributed by atoms with van der Waals surface area (Å²) in [5.74, 6) is -0.0710. The maximum atomic E-state index is 12.6. The van der Waals surface area contributed by atoms with E-state index in [9.17, 15) is 14.9 Å². The van der Waals surface area contributed by atoms with E-state index in [0.29, 0.717) is 19.6 Å². The summed E-state index contributed by atoms with van der Waals surface area (Å²) in [6.45, 7) is 3.88. The van der Waals surface area contributed by atoms with E-state index in [0.717, 1.165) is 0 Å². The maximum Gasteiger partial charge on any atom is 0.315 e. The first-order valence-corrected chi connectivity index (χ1v) is 6.91.